The molecule has 0 saturated carbocycles. The zero-order chi connectivity index (χ0) is 14.0. The van der Waals surface area contributed by atoms with Gasteiger partial charge in [0.1, 0.15) is 5.78 Å². The lowest BCUT2D eigenvalue weighted by Crippen LogP contribution is -2.40. The van der Waals surface area contributed by atoms with E-state index in [4.69, 9.17) is 0 Å². The van der Waals surface area contributed by atoms with Gasteiger partial charge in [0, 0.05) is 24.0 Å². The number of hydrogen-bond acceptors (Lipinski definition) is 4. The van der Waals surface area contributed by atoms with E-state index >= 15 is 0 Å². The molecule has 1 aliphatic carbocycles. The number of hydrogen-bond donors (Lipinski definition) is 1. The van der Waals surface area contributed by atoms with Crippen LogP contribution in [0.1, 0.15) is 40.5 Å². The van der Waals surface area contributed by atoms with Crippen molar-refractivity contribution >= 4 is 17.3 Å². The molecule has 19 heavy (non-hydrogen) atoms. The molecule has 1 aliphatic rings. The molecule has 0 heterocycles. The average molecular weight is 258 g/mol. The van der Waals surface area contributed by atoms with Gasteiger partial charge >= 0.3 is 0 Å². The van der Waals surface area contributed by atoms with Crippen LogP contribution in [0.5, 0.6) is 0 Å². The van der Waals surface area contributed by atoms with Gasteiger partial charge in [-0.25, -0.2) is 0 Å². The van der Waals surface area contributed by atoms with Crippen LogP contribution in [0.4, 0.5) is 0 Å². The van der Waals surface area contributed by atoms with Gasteiger partial charge in [0.05, 0.1) is 0 Å². The van der Waals surface area contributed by atoms with Gasteiger partial charge < -0.3 is 5.11 Å². The Balaban J connectivity index is 2.22. The van der Waals surface area contributed by atoms with E-state index < -0.39 is 17.2 Å². The maximum atomic E-state index is 12.1. The molecule has 4 nitrogen and oxygen atoms in total. The van der Waals surface area contributed by atoms with Crippen LogP contribution in [0.15, 0.2) is 36.4 Å². The maximum Gasteiger partial charge on any atom is 0.203 e. The highest BCUT2D eigenvalue weighted by Crippen LogP contribution is 2.32. The zero-order valence-corrected chi connectivity index (χ0v) is 10.6. The fraction of sp³-hybridized carbons (Fsp3) is 0.267. The lowest BCUT2D eigenvalue weighted by Gasteiger charge is -2.16. The summed E-state index contributed by atoms with van der Waals surface area (Å²) in [7, 11) is 0. The smallest absolute Gasteiger partial charge is 0.203 e. The standard InChI is InChI=1S/C15H14O4/c1-10(16)6-4-5-9-15(19)13(17)11-7-2-3-8-12(11)14(15)18/h2-5,7-8,19H,6,9H2,1H3/b5-4-. The number of carbonyl (C=O) groups excluding carboxylic acids is 3. The van der Waals surface area contributed by atoms with E-state index in [0.717, 1.165) is 0 Å². The summed E-state index contributed by atoms with van der Waals surface area (Å²) in [6.07, 6.45) is 3.19. The highest BCUT2D eigenvalue weighted by molar-refractivity contribution is 6.31. The zero-order valence-electron chi connectivity index (χ0n) is 10.6. The first-order valence-electron chi connectivity index (χ1n) is 6.02. The van der Waals surface area contributed by atoms with Crippen molar-refractivity contribution in [2.45, 2.75) is 25.4 Å². The van der Waals surface area contributed by atoms with Crippen molar-refractivity contribution in [3.8, 4) is 0 Å². The van der Waals surface area contributed by atoms with Crippen LogP contribution in [0, 0.1) is 0 Å². The summed E-state index contributed by atoms with van der Waals surface area (Å²) in [5.74, 6) is -1.16. The molecule has 2 rings (SSSR count). The average Bonchev–Trinajstić information content (AvgIpc) is 2.58. The molecule has 0 unspecified atom stereocenters. The second kappa shape index (κ2) is 4.90. The van der Waals surface area contributed by atoms with Gasteiger partial charge in [0.2, 0.25) is 11.6 Å². The molecule has 0 bridgehead atoms. The summed E-state index contributed by atoms with van der Waals surface area (Å²) in [5, 5.41) is 10.3. The first kappa shape index (κ1) is 13.4. The molecule has 0 aliphatic heterocycles. The van der Waals surface area contributed by atoms with Crippen LogP contribution in [0.3, 0.4) is 0 Å². The van der Waals surface area contributed by atoms with E-state index in [1.165, 1.54) is 25.1 Å². The van der Waals surface area contributed by atoms with Gasteiger partial charge in [0.25, 0.3) is 0 Å². The molecule has 0 radical (unpaired) electrons. The SMILES string of the molecule is CC(=O)C/C=C\CC1(O)C(=O)c2ccccc2C1=O. The largest absolute Gasteiger partial charge is 0.374 e. The van der Waals surface area contributed by atoms with Crippen LogP contribution in [0.2, 0.25) is 0 Å². The van der Waals surface area contributed by atoms with Crippen molar-refractivity contribution < 1.29 is 19.5 Å². The predicted molar refractivity (Wildman–Crippen MR) is 69.1 cm³/mol. The Bertz CT molecular complexity index is 549. The Labute approximate surface area is 110 Å². The van der Waals surface area contributed by atoms with E-state index in [0.29, 0.717) is 0 Å². The topological polar surface area (TPSA) is 71.4 Å². The third kappa shape index (κ3) is 2.27. The number of benzene rings is 1. The third-order valence-electron chi connectivity index (χ3n) is 3.15. The number of aliphatic hydroxyl groups is 1. The number of Topliss-reactive ketones (excluding diaryl/α,β-unsaturated/α-hetero) is 3. The highest BCUT2D eigenvalue weighted by atomic mass is 16.3. The molecule has 98 valence electrons. The highest BCUT2D eigenvalue weighted by Gasteiger charge is 2.50. The molecule has 4 heteroatoms. The molecule has 0 fully saturated rings. The molecule has 1 aromatic rings. The van der Waals surface area contributed by atoms with Crippen molar-refractivity contribution in [2.24, 2.45) is 0 Å². The van der Waals surface area contributed by atoms with Gasteiger partial charge in [-0.15, -0.1) is 0 Å². The first-order valence-corrected chi connectivity index (χ1v) is 6.02. The minimum absolute atomic E-state index is 0.0180. The van der Waals surface area contributed by atoms with E-state index in [1.807, 2.05) is 0 Å². The van der Waals surface area contributed by atoms with Gasteiger partial charge in [0.15, 0.2) is 5.60 Å². The summed E-state index contributed by atoms with van der Waals surface area (Å²) in [6.45, 7) is 1.45. The summed E-state index contributed by atoms with van der Waals surface area (Å²) in [4.78, 5) is 34.9. The quantitative estimate of drug-likeness (QED) is 0.659. The summed E-state index contributed by atoms with van der Waals surface area (Å²) in [5.41, 5.74) is -1.50. The molecule has 0 spiro atoms. The Morgan fingerprint density at radius 3 is 2.16 bits per heavy atom. The Kier molecular flexibility index (Phi) is 3.44. The Morgan fingerprint density at radius 2 is 1.68 bits per heavy atom. The van der Waals surface area contributed by atoms with E-state index in [1.54, 1.807) is 18.2 Å². The Hall–Kier alpha value is -2.07. The van der Waals surface area contributed by atoms with Crippen molar-refractivity contribution in [1.29, 1.82) is 0 Å². The van der Waals surface area contributed by atoms with Gasteiger partial charge in [-0.2, -0.15) is 0 Å². The molecular formula is C15H14O4. The van der Waals surface area contributed by atoms with Crippen LogP contribution >= 0.6 is 0 Å². The van der Waals surface area contributed by atoms with Crippen molar-refractivity contribution in [1.82, 2.24) is 0 Å². The number of carbonyl (C=O) groups is 3. The second-order valence-corrected chi connectivity index (χ2v) is 4.65. The fourth-order valence-electron chi connectivity index (χ4n) is 2.12. The van der Waals surface area contributed by atoms with Crippen LogP contribution in [0.25, 0.3) is 0 Å². The molecular weight excluding hydrogens is 244 g/mol. The van der Waals surface area contributed by atoms with Gasteiger partial charge in [-0.1, -0.05) is 36.4 Å². The van der Waals surface area contributed by atoms with E-state index in [9.17, 15) is 19.5 Å². The summed E-state index contributed by atoms with van der Waals surface area (Å²) < 4.78 is 0. The minimum Gasteiger partial charge on any atom is -0.374 e. The lowest BCUT2D eigenvalue weighted by atomic mass is 9.93. The van der Waals surface area contributed by atoms with Crippen molar-refractivity contribution in [3.63, 3.8) is 0 Å². The molecule has 1 N–H and O–H groups in total. The minimum atomic E-state index is -2.02. The Morgan fingerprint density at radius 1 is 1.16 bits per heavy atom. The maximum absolute atomic E-state index is 12.1. The van der Waals surface area contributed by atoms with Crippen LogP contribution in [-0.2, 0) is 4.79 Å². The van der Waals surface area contributed by atoms with Gasteiger partial charge in [-0.05, 0) is 6.92 Å². The number of fused-ring (bicyclic) bond motifs is 1. The molecule has 0 amide bonds. The molecule has 0 saturated heterocycles. The number of allylic oxidation sites excluding steroid dienone is 1. The van der Waals surface area contributed by atoms with Gasteiger partial charge in [-0.3, -0.25) is 14.4 Å². The van der Waals surface area contributed by atoms with E-state index in [-0.39, 0.29) is 29.8 Å². The molecule has 1 aromatic carbocycles. The summed E-state index contributed by atoms with van der Waals surface area (Å²) >= 11 is 0. The number of ketones is 3. The number of rotatable bonds is 4. The normalized spacial score (nSPS) is 16.9. The van der Waals surface area contributed by atoms with Crippen molar-refractivity contribution in [3.05, 3.63) is 47.5 Å². The lowest BCUT2D eigenvalue weighted by molar-refractivity contribution is -0.116. The predicted octanol–water partition coefficient (Wildman–Crippen LogP) is 1.72. The second-order valence-electron chi connectivity index (χ2n) is 4.65. The monoisotopic (exact) mass is 258 g/mol. The van der Waals surface area contributed by atoms with Crippen LogP contribution < -0.4 is 0 Å². The van der Waals surface area contributed by atoms with Crippen LogP contribution in [-0.4, -0.2) is 28.1 Å². The van der Waals surface area contributed by atoms with E-state index in [2.05, 4.69) is 0 Å². The fourth-order valence-corrected chi connectivity index (χ4v) is 2.12. The summed E-state index contributed by atoms with van der Waals surface area (Å²) in [6, 6.07) is 6.38. The first-order chi connectivity index (χ1) is 8.97. The van der Waals surface area contributed by atoms with Crippen molar-refractivity contribution in [2.75, 3.05) is 0 Å². The molecule has 0 aromatic heterocycles. The third-order valence-corrected chi connectivity index (χ3v) is 3.15. The molecule has 0 atom stereocenters.